The van der Waals surface area contributed by atoms with Crippen LogP contribution in [0.25, 0.3) is 11.3 Å². The molecule has 0 amide bonds. The number of hydrogen-bond acceptors (Lipinski definition) is 2. The molecule has 0 aliphatic rings. The van der Waals surface area contributed by atoms with Gasteiger partial charge in [0.15, 0.2) is 6.33 Å². The van der Waals surface area contributed by atoms with E-state index >= 15 is 0 Å². The van der Waals surface area contributed by atoms with Gasteiger partial charge in [-0.3, -0.25) is 0 Å². The van der Waals surface area contributed by atoms with Gasteiger partial charge in [-0.1, -0.05) is 18.2 Å². The second kappa shape index (κ2) is 2.70. The molecule has 0 atom stereocenters. The van der Waals surface area contributed by atoms with Gasteiger partial charge >= 0.3 is 0 Å². The van der Waals surface area contributed by atoms with Crippen LogP contribution in [0.5, 0.6) is 0 Å². The van der Waals surface area contributed by atoms with E-state index in [2.05, 4.69) is 16.3 Å². The topological polar surface area (TPSA) is 54.7 Å². The highest BCUT2D eigenvalue weighted by atomic mass is 14.9. The first-order chi connectivity index (χ1) is 5.88. The third-order valence-corrected chi connectivity index (χ3v) is 1.70. The molecule has 3 N–H and O–H groups in total. The SMILES string of the molecule is Nc1ccccc1-c1cn[c][nH]1. The van der Waals surface area contributed by atoms with Crippen molar-refractivity contribution in [3.63, 3.8) is 0 Å². The molecule has 0 saturated heterocycles. The average Bonchev–Trinajstić information content (AvgIpc) is 2.57. The number of hydrogen-bond donors (Lipinski definition) is 2. The number of nitrogens with two attached hydrogens (primary N) is 1. The van der Waals surface area contributed by atoms with Crippen molar-refractivity contribution in [1.29, 1.82) is 0 Å². The summed E-state index contributed by atoms with van der Waals surface area (Å²) < 4.78 is 0. The Labute approximate surface area is 70.3 Å². The van der Waals surface area contributed by atoms with Gasteiger partial charge in [-0.15, -0.1) is 0 Å². The number of imidazole rings is 1. The zero-order valence-corrected chi connectivity index (χ0v) is 6.41. The van der Waals surface area contributed by atoms with Crippen molar-refractivity contribution in [1.82, 2.24) is 9.97 Å². The lowest BCUT2D eigenvalue weighted by molar-refractivity contribution is 1.29. The number of H-pyrrole nitrogens is 1. The first-order valence-electron chi connectivity index (χ1n) is 3.64. The first kappa shape index (κ1) is 6.91. The van der Waals surface area contributed by atoms with E-state index in [1.54, 1.807) is 6.20 Å². The number of para-hydroxylation sites is 1. The number of anilines is 1. The van der Waals surface area contributed by atoms with E-state index in [1.165, 1.54) is 0 Å². The predicted octanol–water partition coefficient (Wildman–Crippen LogP) is 1.46. The molecule has 2 aromatic rings. The summed E-state index contributed by atoms with van der Waals surface area (Å²) in [7, 11) is 0. The van der Waals surface area contributed by atoms with E-state index in [0.29, 0.717) is 0 Å². The van der Waals surface area contributed by atoms with Crippen LogP contribution in [0.2, 0.25) is 0 Å². The highest BCUT2D eigenvalue weighted by Crippen LogP contribution is 2.21. The third kappa shape index (κ3) is 1.05. The van der Waals surface area contributed by atoms with Gasteiger partial charge in [-0.25, -0.2) is 4.98 Å². The molecule has 2 rings (SSSR count). The van der Waals surface area contributed by atoms with Gasteiger partial charge in [0.1, 0.15) is 0 Å². The first-order valence-corrected chi connectivity index (χ1v) is 3.64. The van der Waals surface area contributed by atoms with Crippen molar-refractivity contribution in [3.8, 4) is 11.3 Å². The Kier molecular flexibility index (Phi) is 1.55. The normalized spacial score (nSPS) is 10.0. The Bertz CT molecular complexity index is 365. The van der Waals surface area contributed by atoms with Crippen molar-refractivity contribution in [2.45, 2.75) is 0 Å². The number of nitrogens with one attached hydrogen (secondary N) is 1. The van der Waals surface area contributed by atoms with E-state index in [1.807, 2.05) is 24.3 Å². The summed E-state index contributed by atoms with van der Waals surface area (Å²) in [5.41, 5.74) is 8.36. The third-order valence-electron chi connectivity index (χ3n) is 1.70. The number of rotatable bonds is 1. The van der Waals surface area contributed by atoms with Gasteiger partial charge in [0.05, 0.1) is 11.9 Å². The summed E-state index contributed by atoms with van der Waals surface area (Å²) in [6, 6.07) is 7.64. The van der Waals surface area contributed by atoms with Crippen LogP contribution in [0.15, 0.2) is 30.5 Å². The quantitative estimate of drug-likeness (QED) is 0.617. The Morgan fingerprint density at radius 3 is 2.83 bits per heavy atom. The van der Waals surface area contributed by atoms with Crippen LogP contribution in [-0.2, 0) is 0 Å². The maximum absolute atomic E-state index is 5.75. The minimum absolute atomic E-state index is 0.746. The fraction of sp³-hybridized carbons (Fsp3) is 0. The Balaban J connectivity index is 2.55. The van der Waals surface area contributed by atoms with Crippen LogP contribution in [0.3, 0.4) is 0 Å². The summed E-state index contributed by atoms with van der Waals surface area (Å²) in [5.74, 6) is 0. The standard InChI is InChI=1S/C9H8N3/c10-8-4-2-1-3-7(8)9-5-11-6-12-9/h1-5H,10H2,(H,11,12). The van der Waals surface area contributed by atoms with E-state index in [4.69, 9.17) is 5.73 Å². The fourth-order valence-electron chi connectivity index (χ4n) is 1.10. The van der Waals surface area contributed by atoms with Gasteiger partial charge in [-0.2, -0.15) is 0 Å². The summed E-state index contributed by atoms with van der Waals surface area (Å²) in [4.78, 5) is 6.68. The average molecular weight is 158 g/mol. The Hall–Kier alpha value is -1.77. The Morgan fingerprint density at radius 1 is 1.33 bits per heavy atom. The lowest BCUT2D eigenvalue weighted by Gasteiger charge is -2.00. The van der Waals surface area contributed by atoms with Gasteiger partial charge in [0.25, 0.3) is 0 Å². The fourth-order valence-corrected chi connectivity index (χ4v) is 1.10. The molecule has 0 bridgehead atoms. The molecule has 12 heavy (non-hydrogen) atoms. The number of nitrogen functional groups attached to an aromatic ring is 1. The van der Waals surface area contributed by atoms with Gasteiger partial charge in [0.2, 0.25) is 0 Å². The number of nitrogens with zero attached hydrogens (tertiary/aromatic N) is 1. The van der Waals surface area contributed by atoms with Crippen LogP contribution < -0.4 is 5.73 Å². The van der Waals surface area contributed by atoms with E-state index in [9.17, 15) is 0 Å². The minimum Gasteiger partial charge on any atom is -0.398 e. The lowest BCUT2D eigenvalue weighted by atomic mass is 10.1. The summed E-state index contributed by atoms with van der Waals surface area (Å²) in [6.45, 7) is 0. The van der Waals surface area contributed by atoms with Crippen LogP contribution in [0, 0.1) is 6.33 Å². The highest BCUT2D eigenvalue weighted by molar-refractivity contribution is 5.72. The second-order valence-electron chi connectivity index (χ2n) is 2.50. The zero-order valence-electron chi connectivity index (χ0n) is 6.41. The molecule has 0 aliphatic heterocycles. The summed E-state index contributed by atoms with van der Waals surface area (Å²) in [6.07, 6.45) is 4.32. The highest BCUT2D eigenvalue weighted by Gasteiger charge is 2.00. The van der Waals surface area contributed by atoms with Gasteiger partial charge < -0.3 is 10.7 Å². The summed E-state index contributed by atoms with van der Waals surface area (Å²) >= 11 is 0. The minimum atomic E-state index is 0.746. The molecule has 1 aromatic heterocycles. The van der Waals surface area contributed by atoms with Crippen LogP contribution >= 0.6 is 0 Å². The molecule has 0 spiro atoms. The molecule has 1 radical (unpaired) electrons. The van der Waals surface area contributed by atoms with Crippen LogP contribution in [-0.4, -0.2) is 9.97 Å². The summed E-state index contributed by atoms with van der Waals surface area (Å²) in [5, 5.41) is 0. The molecule has 0 fully saturated rings. The van der Waals surface area contributed by atoms with Gasteiger partial charge in [-0.05, 0) is 6.07 Å². The van der Waals surface area contributed by atoms with E-state index in [0.717, 1.165) is 16.9 Å². The lowest BCUT2D eigenvalue weighted by Crippen LogP contribution is -1.88. The van der Waals surface area contributed by atoms with Crippen molar-refractivity contribution in [3.05, 3.63) is 36.8 Å². The van der Waals surface area contributed by atoms with E-state index < -0.39 is 0 Å². The second-order valence-corrected chi connectivity index (χ2v) is 2.50. The largest absolute Gasteiger partial charge is 0.398 e. The predicted molar refractivity (Wildman–Crippen MR) is 47.3 cm³/mol. The van der Waals surface area contributed by atoms with E-state index in [-0.39, 0.29) is 0 Å². The van der Waals surface area contributed by atoms with Crippen molar-refractivity contribution in [2.75, 3.05) is 5.73 Å². The molecule has 1 heterocycles. The maximum atomic E-state index is 5.75. The molecule has 0 unspecified atom stereocenters. The zero-order chi connectivity index (χ0) is 8.39. The number of aromatic nitrogens is 2. The molecular weight excluding hydrogens is 150 g/mol. The molecule has 59 valence electrons. The number of aromatic amines is 1. The van der Waals surface area contributed by atoms with Crippen molar-refractivity contribution >= 4 is 5.69 Å². The molecule has 3 heteroatoms. The monoisotopic (exact) mass is 158 g/mol. The number of benzene rings is 1. The smallest absolute Gasteiger partial charge is 0.174 e. The molecular formula is C9H8N3. The van der Waals surface area contributed by atoms with Crippen molar-refractivity contribution < 1.29 is 0 Å². The molecule has 0 aliphatic carbocycles. The van der Waals surface area contributed by atoms with Crippen LogP contribution in [0.4, 0.5) is 5.69 Å². The molecule has 3 nitrogen and oxygen atoms in total. The van der Waals surface area contributed by atoms with Crippen molar-refractivity contribution in [2.24, 2.45) is 0 Å². The van der Waals surface area contributed by atoms with Crippen LogP contribution in [0.1, 0.15) is 0 Å². The maximum Gasteiger partial charge on any atom is 0.174 e. The molecule has 0 saturated carbocycles. The Morgan fingerprint density at radius 2 is 2.17 bits per heavy atom. The van der Waals surface area contributed by atoms with Gasteiger partial charge in [0, 0.05) is 11.3 Å². The molecule has 1 aromatic carbocycles.